The second kappa shape index (κ2) is 7.59. The number of nitrogens with zero attached hydrogens (tertiary/aromatic N) is 2. The van der Waals surface area contributed by atoms with E-state index in [0.717, 1.165) is 35.9 Å². The van der Waals surface area contributed by atoms with Crippen molar-refractivity contribution in [3.63, 3.8) is 0 Å². The van der Waals surface area contributed by atoms with E-state index in [9.17, 15) is 4.79 Å². The molecule has 2 heterocycles. The van der Waals surface area contributed by atoms with Crippen LogP contribution < -0.4 is 5.73 Å². The number of likely N-dealkylation sites (tertiary alicyclic amines) is 1. The van der Waals surface area contributed by atoms with Gasteiger partial charge in [0, 0.05) is 36.3 Å². The zero-order valence-electron chi connectivity index (χ0n) is 11.6. The first-order chi connectivity index (χ1) is 9.24. The summed E-state index contributed by atoms with van der Waals surface area (Å²) in [4.78, 5) is 18.6. The fraction of sp³-hybridized carbons (Fsp3) is 0.333. The van der Waals surface area contributed by atoms with E-state index in [0.29, 0.717) is 6.54 Å². The van der Waals surface area contributed by atoms with Crippen LogP contribution in [0.25, 0.3) is 10.9 Å². The van der Waals surface area contributed by atoms with Crippen LogP contribution in [0.4, 0.5) is 0 Å². The van der Waals surface area contributed by atoms with Crippen molar-refractivity contribution in [3.05, 3.63) is 42.1 Å². The molecule has 1 unspecified atom stereocenters. The van der Waals surface area contributed by atoms with Crippen molar-refractivity contribution in [1.82, 2.24) is 9.88 Å². The Morgan fingerprint density at radius 1 is 1.29 bits per heavy atom. The van der Waals surface area contributed by atoms with Crippen molar-refractivity contribution in [1.29, 1.82) is 0 Å². The number of amides is 1. The number of rotatable bonds is 1. The van der Waals surface area contributed by atoms with Gasteiger partial charge in [0.05, 0.1) is 5.52 Å². The molecule has 1 fully saturated rings. The van der Waals surface area contributed by atoms with Gasteiger partial charge in [-0.2, -0.15) is 0 Å². The highest BCUT2D eigenvalue weighted by Gasteiger charge is 2.22. The van der Waals surface area contributed by atoms with Gasteiger partial charge in [-0.25, -0.2) is 0 Å². The third-order valence-electron chi connectivity index (χ3n) is 3.60. The quantitative estimate of drug-likeness (QED) is 0.875. The number of aromatic nitrogens is 1. The van der Waals surface area contributed by atoms with Crippen molar-refractivity contribution in [3.8, 4) is 0 Å². The van der Waals surface area contributed by atoms with Crippen LogP contribution in [0.15, 0.2) is 36.5 Å². The lowest BCUT2D eigenvalue weighted by Crippen LogP contribution is -2.45. The summed E-state index contributed by atoms with van der Waals surface area (Å²) < 4.78 is 0. The Kier molecular flexibility index (Phi) is 6.40. The number of carbonyl (C=O) groups excluding carboxylic acids is 1. The van der Waals surface area contributed by atoms with Gasteiger partial charge in [-0.15, -0.1) is 24.8 Å². The van der Waals surface area contributed by atoms with E-state index >= 15 is 0 Å². The Morgan fingerprint density at radius 2 is 2.10 bits per heavy atom. The number of pyridine rings is 1. The average molecular weight is 328 g/mol. The third-order valence-corrected chi connectivity index (χ3v) is 3.60. The molecule has 114 valence electrons. The van der Waals surface area contributed by atoms with Gasteiger partial charge in [0.25, 0.3) is 5.91 Å². The maximum Gasteiger partial charge on any atom is 0.253 e. The lowest BCUT2D eigenvalue weighted by atomic mass is 10.0. The molecular formula is C15H19Cl2N3O. The zero-order valence-corrected chi connectivity index (χ0v) is 13.2. The summed E-state index contributed by atoms with van der Waals surface area (Å²) in [6, 6.07) is 9.61. The number of piperidine rings is 1. The molecule has 1 aliphatic heterocycles. The van der Waals surface area contributed by atoms with Gasteiger partial charge in [-0.05, 0) is 37.1 Å². The summed E-state index contributed by atoms with van der Waals surface area (Å²) in [6.07, 6.45) is 3.75. The highest BCUT2D eigenvalue weighted by molar-refractivity contribution is 5.98. The molecular weight excluding hydrogens is 309 g/mol. The highest BCUT2D eigenvalue weighted by Crippen LogP contribution is 2.17. The Hall–Kier alpha value is -1.36. The molecule has 0 radical (unpaired) electrons. The van der Waals surface area contributed by atoms with Crippen LogP contribution in [-0.4, -0.2) is 34.9 Å². The van der Waals surface area contributed by atoms with Gasteiger partial charge in [0.2, 0.25) is 0 Å². The number of benzene rings is 1. The SMILES string of the molecule is Cl.Cl.NC1CCCN(C(=O)c2ccc3ncccc3c2)C1. The molecule has 1 saturated heterocycles. The first kappa shape index (κ1) is 17.7. The standard InChI is InChI=1S/C15H17N3O.2ClH/c16-13-4-2-8-18(10-13)15(19)12-5-6-14-11(9-12)3-1-7-17-14;;/h1,3,5-7,9,13H,2,4,8,10,16H2;2*1H. The summed E-state index contributed by atoms with van der Waals surface area (Å²) in [7, 11) is 0. The lowest BCUT2D eigenvalue weighted by Gasteiger charge is -2.30. The molecule has 2 N–H and O–H groups in total. The summed E-state index contributed by atoms with van der Waals surface area (Å²) in [5, 5.41) is 0.995. The molecule has 4 nitrogen and oxygen atoms in total. The number of carbonyl (C=O) groups is 1. The highest BCUT2D eigenvalue weighted by atomic mass is 35.5. The van der Waals surface area contributed by atoms with Crippen LogP contribution in [0.2, 0.25) is 0 Å². The van der Waals surface area contributed by atoms with Crippen LogP contribution in [0.1, 0.15) is 23.2 Å². The molecule has 1 aliphatic rings. The number of hydrogen-bond acceptors (Lipinski definition) is 3. The largest absolute Gasteiger partial charge is 0.337 e. The summed E-state index contributed by atoms with van der Waals surface area (Å²) >= 11 is 0. The van der Waals surface area contributed by atoms with E-state index in [2.05, 4.69) is 4.98 Å². The van der Waals surface area contributed by atoms with Crippen LogP contribution in [0.5, 0.6) is 0 Å². The molecule has 0 spiro atoms. The predicted molar refractivity (Wildman–Crippen MR) is 89.4 cm³/mol. The van der Waals surface area contributed by atoms with E-state index in [1.165, 1.54) is 0 Å². The normalized spacial score (nSPS) is 17.8. The smallest absolute Gasteiger partial charge is 0.253 e. The molecule has 0 aliphatic carbocycles. The second-order valence-electron chi connectivity index (χ2n) is 5.06. The second-order valence-corrected chi connectivity index (χ2v) is 5.06. The Labute approximate surface area is 136 Å². The van der Waals surface area contributed by atoms with Crippen LogP contribution in [0, 0.1) is 0 Å². The van der Waals surface area contributed by atoms with Crippen LogP contribution in [0.3, 0.4) is 0 Å². The van der Waals surface area contributed by atoms with Gasteiger partial charge in [-0.3, -0.25) is 9.78 Å². The minimum Gasteiger partial charge on any atom is -0.337 e. The fourth-order valence-electron chi connectivity index (χ4n) is 2.59. The Balaban J connectivity index is 0.00000110. The van der Waals surface area contributed by atoms with Gasteiger partial charge in [0.15, 0.2) is 0 Å². The third kappa shape index (κ3) is 3.84. The molecule has 1 aromatic carbocycles. The monoisotopic (exact) mass is 327 g/mol. The first-order valence-corrected chi connectivity index (χ1v) is 6.64. The van der Waals surface area contributed by atoms with Crippen molar-refractivity contribution in [2.75, 3.05) is 13.1 Å². The molecule has 1 atom stereocenters. The van der Waals surface area contributed by atoms with Crippen LogP contribution >= 0.6 is 24.8 Å². The van der Waals surface area contributed by atoms with E-state index in [1.807, 2.05) is 35.2 Å². The topological polar surface area (TPSA) is 59.2 Å². The zero-order chi connectivity index (χ0) is 13.2. The number of fused-ring (bicyclic) bond motifs is 1. The van der Waals surface area contributed by atoms with E-state index in [4.69, 9.17) is 5.73 Å². The maximum atomic E-state index is 12.4. The van der Waals surface area contributed by atoms with Crippen molar-refractivity contribution in [2.24, 2.45) is 5.73 Å². The number of nitrogens with two attached hydrogens (primary N) is 1. The molecule has 21 heavy (non-hydrogen) atoms. The fourth-order valence-corrected chi connectivity index (χ4v) is 2.59. The molecule has 3 rings (SSSR count). The van der Waals surface area contributed by atoms with Crippen molar-refractivity contribution >= 4 is 41.6 Å². The summed E-state index contributed by atoms with van der Waals surface area (Å²) in [5.74, 6) is 0.0703. The molecule has 1 aromatic heterocycles. The van der Waals surface area contributed by atoms with Gasteiger partial charge in [-0.1, -0.05) is 6.07 Å². The molecule has 0 bridgehead atoms. The maximum absolute atomic E-state index is 12.4. The molecule has 0 saturated carbocycles. The van der Waals surface area contributed by atoms with Gasteiger partial charge < -0.3 is 10.6 Å². The molecule has 2 aromatic rings. The Morgan fingerprint density at radius 3 is 2.86 bits per heavy atom. The average Bonchev–Trinajstić information content (AvgIpc) is 2.46. The van der Waals surface area contributed by atoms with E-state index in [1.54, 1.807) is 6.20 Å². The molecule has 1 amide bonds. The van der Waals surface area contributed by atoms with Crippen molar-refractivity contribution < 1.29 is 4.79 Å². The van der Waals surface area contributed by atoms with Crippen LogP contribution in [-0.2, 0) is 0 Å². The molecule has 6 heteroatoms. The van der Waals surface area contributed by atoms with Crippen molar-refractivity contribution in [2.45, 2.75) is 18.9 Å². The number of halogens is 2. The minimum absolute atomic E-state index is 0. The van der Waals surface area contributed by atoms with Gasteiger partial charge >= 0.3 is 0 Å². The Bertz CT molecular complexity index is 621. The summed E-state index contributed by atoms with van der Waals surface area (Å²) in [6.45, 7) is 1.46. The van der Waals surface area contributed by atoms with Gasteiger partial charge in [0.1, 0.15) is 0 Å². The van der Waals surface area contributed by atoms with E-state index < -0.39 is 0 Å². The van der Waals surface area contributed by atoms with E-state index in [-0.39, 0.29) is 36.8 Å². The summed E-state index contributed by atoms with van der Waals surface area (Å²) in [5.41, 5.74) is 7.56. The number of hydrogen-bond donors (Lipinski definition) is 1. The first-order valence-electron chi connectivity index (χ1n) is 6.64. The predicted octanol–water partition coefficient (Wildman–Crippen LogP) is 2.64. The lowest BCUT2D eigenvalue weighted by molar-refractivity contribution is 0.0709. The minimum atomic E-state index is 0.